The summed E-state index contributed by atoms with van der Waals surface area (Å²) in [6, 6.07) is 4.42. The minimum atomic E-state index is -0.219. The van der Waals surface area contributed by atoms with Crippen LogP contribution in [0.15, 0.2) is 18.3 Å². The minimum Gasteiger partial charge on any atom is -0.320 e. The van der Waals surface area contributed by atoms with Crippen molar-refractivity contribution in [2.45, 2.75) is 26.8 Å². The monoisotopic (exact) mass is 285 g/mol. The molecule has 0 atom stereocenters. The molecule has 0 aliphatic carbocycles. The van der Waals surface area contributed by atoms with E-state index >= 15 is 0 Å². The van der Waals surface area contributed by atoms with Gasteiger partial charge in [-0.25, -0.2) is 4.68 Å². The Hall–Kier alpha value is -2.21. The first-order valence-electron chi connectivity index (χ1n) is 7.06. The lowest BCUT2D eigenvalue weighted by atomic mass is 10.1. The molecule has 1 saturated heterocycles. The molecule has 1 aliphatic rings. The van der Waals surface area contributed by atoms with Crippen molar-refractivity contribution in [3.8, 4) is 0 Å². The van der Waals surface area contributed by atoms with E-state index in [1.165, 1.54) is 5.56 Å². The van der Waals surface area contributed by atoms with Crippen molar-refractivity contribution in [2.24, 2.45) is 0 Å². The first-order chi connectivity index (χ1) is 10.0. The first-order valence-corrected chi connectivity index (χ1v) is 7.06. The number of anilines is 1. The molecule has 0 saturated carbocycles. The van der Waals surface area contributed by atoms with Crippen molar-refractivity contribution in [3.63, 3.8) is 0 Å². The number of nitrogens with zero attached hydrogens (tertiary/aromatic N) is 3. The molecule has 1 amide bonds. The van der Waals surface area contributed by atoms with Crippen molar-refractivity contribution < 1.29 is 4.79 Å². The average Bonchev–Trinajstić information content (AvgIpc) is 2.80. The van der Waals surface area contributed by atoms with Crippen LogP contribution in [0.25, 0.3) is 0 Å². The lowest BCUT2D eigenvalue weighted by Gasteiger charge is -2.26. The Morgan fingerprint density at radius 1 is 1.29 bits per heavy atom. The Morgan fingerprint density at radius 3 is 2.52 bits per heavy atom. The highest BCUT2D eigenvalue weighted by atomic mass is 16.2. The third kappa shape index (κ3) is 2.67. The van der Waals surface area contributed by atoms with Gasteiger partial charge in [-0.2, -0.15) is 0 Å². The van der Waals surface area contributed by atoms with Gasteiger partial charge in [0.15, 0.2) is 5.69 Å². The largest absolute Gasteiger partial charge is 0.320 e. The van der Waals surface area contributed by atoms with Gasteiger partial charge < -0.3 is 10.6 Å². The lowest BCUT2D eigenvalue weighted by Crippen LogP contribution is -2.43. The van der Waals surface area contributed by atoms with Crippen LogP contribution in [0.2, 0.25) is 0 Å². The van der Waals surface area contributed by atoms with Gasteiger partial charge in [-0.3, -0.25) is 4.79 Å². The normalized spacial score (nSPS) is 14.8. The Morgan fingerprint density at radius 2 is 1.95 bits per heavy atom. The van der Waals surface area contributed by atoms with E-state index in [-0.39, 0.29) is 5.91 Å². The smallest absolute Gasteiger partial charge is 0.277 e. The molecule has 0 bridgehead atoms. The number of amides is 1. The maximum absolute atomic E-state index is 12.3. The number of hydrogen-bond donors (Lipinski definition) is 2. The van der Waals surface area contributed by atoms with E-state index < -0.39 is 0 Å². The first kappa shape index (κ1) is 13.8. The second-order valence-corrected chi connectivity index (χ2v) is 5.62. The molecule has 110 valence electrons. The van der Waals surface area contributed by atoms with E-state index in [4.69, 9.17) is 0 Å². The third-order valence-corrected chi connectivity index (χ3v) is 3.79. The van der Waals surface area contributed by atoms with Gasteiger partial charge in [-0.05, 0) is 31.9 Å². The molecular weight excluding hydrogens is 266 g/mol. The molecular formula is C15H19N5O. The lowest BCUT2D eigenvalue weighted by molar-refractivity contribution is 0.102. The molecule has 0 unspecified atom stereocenters. The number of rotatable bonds is 3. The fourth-order valence-electron chi connectivity index (χ4n) is 2.57. The van der Waals surface area contributed by atoms with Crippen LogP contribution in [0.1, 0.15) is 33.2 Å². The Kier molecular flexibility index (Phi) is 3.47. The quantitative estimate of drug-likeness (QED) is 0.898. The van der Waals surface area contributed by atoms with Crippen molar-refractivity contribution in [3.05, 3.63) is 40.7 Å². The minimum absolute atomic E-state index is 0.219. The summed E-state index contributed by atoms with van der Waals surface area (Å²) in [6.07, 6.45) is 1.71. The van der Waals surface area contributed by atoms with Crippen molar-refractivity contribution in [1.82, 2.24) is 20.3 Å². The van der Waals surface area contributed by atoms with Gasteiger partial charge >= 0.3 is 0 Å². The SMILES string of the molecule is Cc1cc(C)c(NC(=O)c2cn(C3CNC3)nn2)c(C)c1. The Labute approximate surface area is 123 Å². The van der Waals surface area contributed by atoms with Gasteiger partial charge in [-0.1, -0.05) is 22.9 Å². The molecule has 0 spiro atoms. The summed E-state index contributed by atoms with van der Waals surface area (Å²) in [5, 5.41) is 14.1. The van der Waals surface area contributed by atoms with Crippen LogP contribution in [0.5, 0.6) is 0 Å². The summed E-state index contributed by atoms with van der Waals surface area (Å²) in [4.78, 5) is 12.3. The van der Waals surface area contributed by atoms with Gasteiger partial charge in [0, 0.05) is 18.8 Å². The summed E-state index contributed by atoms with van der Waals surface area (Å²) in [7, 11) is 0. The molecule has 2 N–H and O–H groups in total. The predicted molar refractivity (Wildman–Crippen MR) is 80.5 cm³/mol. The fraction of sp³-hybridized carbons (Fsp3) is 0.400. The van der Waals surface area contributed by atoms with Crippen LogP contribution in [-0.2, 0) is 0 Å². The van der Waals surface area contributed by atoms with Crippen LogP contribution < -0.4 is 10.6 Å². The van der Waals surface area contributed by atoms with Crippen LogP contribution >= 0.6 is 0 Å². The zero-order valence-corrected chi connectivity index (χ0v) is 12.5. The number of aryl methyl sites for hydroxylation is 3. The van der Waals surface area contributed by atoms with E-state index in [9.17, 15) is 4.79 Å². The second kappa shape index (κ2) is 5.29. The molecule has 0 radical (unpaired) electrons. The summed E-state index contributed by atoms with van der Waals surface area (Å²) in [6.45, 7) is 7.78. The van der Waals surface area contributed by atoms with E-state index in [1.54, 1.807) is 10.9 Å². The number of carbonyl (C=O) groups is 1. The third-order valence-electron chi connectivity index (χ3n) is 3.79. The highest BCUT2D eigenvalue weighted by Crippen LogP contribution is 2.22. The highest BCUT2D eigenvalue weighted by Gasteiger charge is 2.22. The highest BCUT2D eigenvalue weighted by molar-refractivity contribution is 6.03. The topological polar surface area (TPSA) is 71.8 Å². The molecule has 1 aromatic carbocycles. The number of aromatic nitrogens is 3. The van der Waals surface area contributed by atoms with Crippen molar-refractivity contribution in [2.75, 3.05) is 18.4 Å². The molecule has 6 nitrogen and oxygen atoms in total. The molecule has 1 aliphatic heterocycles. The molecule has 6 heteroatoms. The van der Waals surface area contributed by atoms with E-state index in [0.29, 0.717) is 11.7 Å². The van der Waals surface area contributed by atoms with E-state index in [2.05, 4.69) is 33.1 Å². The molecule has 2 heterocycles. The Balaban J connectivity index is 1.78. The molecule has 21 heavy (non-hydrogen) atoms. The van der Waals surface area contributed by atoms with Gasteiger partial charge in [0.1, 0.15) is 0 Å². The zero-order chi connectivity index (χ0) is 15.0. The second-order valence-electron chi connectivity index (χ2n) is 5.62. The molecule has 1 fully saturated rings. The number of nitrogens with one attached hydrogen (secondary N) is 2. The van der Waals surface area contributed by atoms with Crippen LogP contribution in [0.3, 0.4) is 0 Å². The van der Waals surface area contributed by atoms with Gasteiger partial charge in [0.25, 0.3) is 5.91 Å². The average molecular weight is 285 g/mol. The maximum atomic E-state index is 12.3. The van der Waals surface area contributed by atoms with Gasteiger partial charge in [-0.15, -0.1) is 5.10 Å². The van der Waals surface area contributed by atoms with Crippen molar-refractivity contribution in [1.29, 1.82) is 0 Å². The number of carbonyl (C=O) groups excluding carboxylic acids is 1. The number of hydrogen-bond acceptors (Lipinski definition) is 4. The number of benzene rings is 1. The summed E-state index contributed by atoms with van der Waals surface area (Å²) in [5.74, 6) is -0.219. The molecule has 2 aromatic rings. The van der Waals surface area contributed by atoms with Crippen molar-refractivity contribution >= 4 is 11.6 Å². The summed E-state index contributed by atoms with van der Waals surface area (Å²) >= 11 is 0. The summed E-state index contributed by atoms with van der Waals surface area (Å²) in [5.41, 5.74) is 4.49. The fourth-order valence-corrected chi connectivity index (χ4v) is 2.57. The van der Waals surface area contributed by atoms with Crippen LogP contribution in [0.4, 0.5) is 5.69 Å². The predicted octanol–water partition coefficient (Wildman–Crippen LogP) is 1.60. The molecule has 1 aromatic heterocycles. The van der Waals surface area contributed by atoms with Gasteiger partial charge in [0.05, 0.1) is 12.2 Å². The Bertz CT molecular complexity index is 664. The van der Waals surface area contributed by atoms with E-state index in [0.717, 1.165) is 29.9 Å². The zero-order valence-electron chi connectivity index (χ0n) is 12.5. The van der Waals surface area contributed by atoms with Gasteiger partial charge in [0.2, 0.25) is 0 Å². The summed E-state index contributed by atoms with van der Waals surface area (Å²) < 4.78 is 1.75. The molecule has 3 rings (SSSR count). The standard InChI is InChI=1S/C15H19N5O/c1-9-4-10(2)14(11(3)5-9)17-15(21)13-8-20(19-18-13)12-6-16-7-12/h4-5,8,12,16H,6-7H2,1-3H3,(H,17,21). The van der Waals surface area contributed by atoms with Crippen LogP contribution in [-0.4, -0.2) is 34.0 Å². The van der Waals surface area contributed by atoms with E-state index in [1.807, 2.05) is 20.8 Å². The maximum Gasteiger partial charge on any atom is 0.277 e. The van der Waals surface area contributed by atoms with Crippen LogP contribution in [0, 0.1) is 20.8 Å².